The smallest absolute Gasteiger partial charge is 0.231 e. The molecular weight excluding hydrogens is 342 g/mol. The second-order valence-electron chi connectivity index (χ2n) is 7.37. The van der Waals surface area contributed by atoms with E-state index in [0.717, 1.165) is 56.4 Å². The standard InChI is InChI=1S/C21H23N3O3/c25-22-18-12-16-3-1-2-4-17(16)21(18)24-9-7-23(8-10-24)13-15-5-6-19-20(11-15)27-14-26-19/h1-6,11,21,25H,7-10,12-14H2/b22-18-/t21-/m1/s1. The fraction of sp³-hybridized carbons (Fsp3) is 0.381. The molecule has 6 heteroatoms. The quantitative estimate of drug-likeness (QED) is 0.669. The molecule has 2 aliphatic heterocycles. The molecule has 140 valence electrons. The number of ether oxygens (including phenoxy) is 2. The second-order valence-corrected chi connectivity index (χ2v) is 7.37. The summed E-state index contributed by atoms with van der Waals surface area (Å²) in [7, 11) is 0. The van der Waals surface area contributed by atoms with Crippen molar-refractivity contribution in [1.29, 1.82) is 0 Å². The minimum atomic E-state index is 0.110. The minimum Gasteiger partial charge on any atom is -0.454 e. The number of nitrogens with zero attached hydrogens (tertiary/aromatic N) is 3. The molecule has 0 spiro atoms. The third-order valence-corrected chi connectivity index (χ3v) is 5.78. The molecular formula is C21H23N3O3. The number of piperazine rings is 1. The topological polar surface area (TPSA) is 57.5 Å². The van der Waals surface area contributed by atoms with Gasteiger partial charge < -0.3 is 14.7 Å². The van der Waals surface area contributed by atoms with Crippen molar-refractivity contribution in [1.82, 2.24) is 9.80 Å². The Bertz CT molecular complexity index is 875. The van der Waals surface area contributed by atoms with Crippen LogP contribution in [0.1, 0.15) is 22.7 Å². The van der Waals surface area contributed by atoms with Crippen molar-refractivity contribution < 1.29 is 14.7 Å². The monoisotopic (exact) mass is 365 g/mol. The highest BCUT2D eigenvalue weighted by molar-refractivity contribution is 5.96. The molecule has 0 unspecified atom stereocenters. The van der Waals surface area contributed by atoms with Crippen LogP contribution in [0.15, 0.2) is 47.6 Å². The number of benzene rings is 2. The fourth-order valence-electron chi connectivity index (χ4n) is 4.41. The second kappa shape index (κ2) is 6.87. The summed E-state index contributed by atoms with van der Waals surface area (Å²) in [6.07, 6.45) is 0.745. The van der Waals surface area contributed by atoms with Crippen LogP contribution in [0.3, 0.4) is 0 Å². The van der Waals surface area contributed by atoms with Gasteiger partial charge in [-0.2, -0.15) is 0 Å². The minimum absolute atomic E-state index is 0.110. The average molecular weight is 365 g/mol. The zero-order chi connectivity index (χ0) is 18.2. The molecule has 0 amide bonds. The van der Waals surface area contributed by atoms with Gasteiger partial charge in [0.2, 0.25) is 6.79 Å². The maximum absolute atomic E-state index is 9.49. The molecule has 0 aromatic heterocycles. The maximum Gasteiger partial charge on any atom is 0.231 e. The van der Waals surface area contributed by atoms with Gasteiger partial charge in [0.25, 0.3) is 0 Å². The first-order chi connectivity index (χ1) is 13.3. The van der Waals surface area contributed by atoms with E-state index in [1.165, 1.54) is 16.7 Å². The summed E-state index contributed by atoms with van der Waals surface area (Å²) in [5.74, 6) is 1.68. The van der Waals surface area contributed by atoms with Crippen molar-refractivity contribution in [2.45, 2.75) is 19.0 Å². The molecule has 1 N–H and O–H groups in total. The van der Waals surface area contributed by atoms with Gasteiger partial charge in [0.05, 0.1) is 11.8 Å². The summed E-state index contributed by atoms with van der Waals surface area (Å²) in [5, 5.41) is 13.1. The van der Waals surface area contributed by atoms with Gasteiger partial charge in [0.1, 0.15) is 0 Å². The molecule has 2 aromatic rings. The van der Waals surface area contributed by atoms with E-state index in [1.54, 1.807) is 0 Å². The molecule has 0 radical (unpaired) electrons. The van der Waals surface area contributed by atoms with Gasteiger partial charge in [-0.25, -0.2) is 0 Å². The number of rotatable bonds is 3. The van der Waals surface area contributed by atoms with Crippen LogP contribution < -0.4 is 9.47 Å². The normalized spacial score (nSPS) is 23.7. The van der Waals surface area contributed by atoms with E-state index in [9.17, 15) is 5.21 Å². The van der Waals surface area contributed by atoms with E-state index in [1.807, 2.05) is 6.07 Å². The van der Waals surface area contributed by atoms with Crippen LogP contribution in [0.25, 0.3) is 0 Å². The Labute approximate surface area is 158 Å². The molecule has 5 rings (SSSR count). The Morgan fingerprint density at radius 3 is 2.67 bits per heavy atom. The molecule has 2 heterocycles. The summed E-state index contributed by atoms with van der Waals surface area (Å²) in [6.45, 7) is 5.13. The summed E-state index contributed by atoms with van der Waals surface area (Å²) >= 11 is 0. The van der Waals surface area contributed by atoms with Gasteiger partial charge in [-0.15, -0.1) is 0 Å². The third-order valence-electron chi connectivity index (χ3n) is 5.78. The predicted octanol–water partition coefficient (Wildman–Crippen LogP) is 2.66. The van der Waals surface area contributed by atoms with Gasteiger partial charge in [-0.05, 0) is 28.8 Å². The van der Waals surface area contributed by atoms with E-state index < -0.39 is 0 Å². The molecule has 0 saturated carbocycles. The van der Waals surface area contributed by atoms with Crippen LogP contribution in [0.5, 0.6) is 11.5 Å². The van der Waals surface area contributed by atoms with Crippen molar-refractivity contribution in [2.24, 2.45) is 5.16 Å². The Kier molecular flexibility index (Phi) is 4.22. The van der Waals surface area contributed by atoms with Gasteiger partial charge in [0, 0.05) is 39.1 Å². The van der Waals surface area contributed by atoms with Gasteiger partial charge >= 0.3 is 0 Å². The van der Waals surface area contributed by atoms with Crippen molar-refractivity contribution in [2.75, 3.05) is 33.0 Å². The van der Waals surface area contributed by atoms with Gasteiger partial charge in [-0.3, -0.25) is 9.80 Å². The van der Waals surface area contributed by atoms with Crippen LogP contribution in [-0.2, 0) is 13.0 Å². The van der Waals surface area contributed by atoms with Crippen molar-refractivity contribution in [3.63, 3.8) is 0 Å². The van der Waals surface area contributed by atoms with E-state index in [4.69, 9.17) is 9.47 Å². The maximum atomic E-state index is 9.49. The third kappa shape index (κ3) is 3.05. The Hall–Kier alpha value is -2.57. The summed E-state index contributed by atoms with van der Waals surface area (Å²) in [6, 6.07) is 14.7. The Morgan fingerprint density at radius 2 is 1.81 bits per heavy atom. The van der Waals surface area contributed by atoms with Crippen LogP contribution in [0.2, 0.25) is 0 Å². The lowest BCUT2D eigenvalue weighted by Crippen LogP contribution is -2.48. The summed E-state index contributed by atoms with van der Waals surface area (Å²) in [5.41, 5.74) is 4.67. The SMILES string of the molecule is O/N=C1/Cc2ccccc2[C@H]1N1CCN(Cc2ccc3c(c2)OCO3)CC1. The predicted molar refractivity (Wildman–Crippen MR) is 102 cm³/mol. The van der Waals surface area contributed by atoms with E-state index in [0.29, 0.717) is 6.79 Å². The van der Waals surface area contributed by atoms with E-state index >= 15 is 0 Å². The highest BCUT2D eigenvalue weighted by atomic mass is 16.7. The molecule has 0 bridgehead atoms. The van der Waals surface area contributed by atoms with Gasteiger partial charge in [-0.1, -0.05) is 35.5 Å². The average Bonchev–Trinajstić information content (AvgIpc) is 3.32. The van der Waals surface area contributed by atoms with Gasteiger partial charge in [0.15, 0.2) is 11.5 Å². The number of hydrogen-bond acceptors (Lipinski definition) is 6. The molecule has 1 atom stereocenters. The first-order valence-electron chi connectivity index (χ1n) is 9.45. The molecule has 1 saturated heterocycles. The molecule has 6 nitrogen and oxygen atoms in total. The first-order valence-corrected chi connectivity index (χ1v) is 9.45. The first kappa shape index (κ1) is 16.6. The molecule has 27 heavy (non-hydrogen) atoms. The lowest BCUT2D eigenvalue weighted by molar-refractivity contribution is 0.112. The molecule has 2 aromatic carbocycles. The Morgan fingerprint density at radius 1 is 1.00 bits per heavy atom. The van der Waals surface area contributed by atoms with Crippen molar-refractivity contribution in [3.8, 4) is 11.5 Å². The molecule has 1 fully saturated rings. The highest BCUT2D eigenvalue weighted by Gasteiger charge is 2.35. The van der Waals surface area contributed by atoms with Crippen molar-refractivity contribution in [3.05, 3.63) is 59.2 Å². The van der Waals surface area contributed by atoms with Crippen LogP contribution in [-0.4, -0.2) is 53.7 Å². The van der Waals surface area contributed by atoms with Crippen molar-refractivity contribution >= 4 is 5.71 Å². The van der Waals surface area contributed by atoms with Crippen LogP contribution in [0, 0.1) is 0 Å². The van der Waals surface area contributed by atoms with Crippen LogP contribution >= 0.6 is 0 Å². The van der Waals surface area contributed by atoms with Crippen LogP contribution in [0.4, 0.5) is 0 Å². The number of oxime groups is 1. The lowest BCUT2D eigenvalue weighted by atomic mass is 10.1. The molecule has 3 aliphatic rings. The lowest BCUT2D eigenvalue weighted by Gasteiger charge is -2.38. The van der Waals surface area contributed by atoms with E-state index in [2.05, 4.69) is 51.4 Å². The fourth-order valence-corrected chi connectivity index (χ4v) is 4.41. The Balaban J connectivity index is 1.25. The number of hydrogen-bond donors (Lipinski definition) is 1. The summed E-state index contributed by atoms with van der Waals surface area (Å²) < 4.78 is 10.9. The zero-order valence-electron chi connectivity index (χ0n) is 15.2. The highest BCUT2D eigenvalue weighted by Crippen LogP contribution is 2.35. The van der Waals surface area contributed by atoms with E-state index in [-0.39, 0.29) is 6.04 Å². The molecule has 1 aliphatic carbocycles. The number of fused-ring (bicyclic) bond motifs is 2. The summed E-state index contributed by atoms with van der Waals surface area (Å²) in [4.78, 5) is 4.90. The zero-order valence-corrected chi connectivity index (χ0v) is 15.2. The largest absolute Gasteiger partial charge is 0.454 e.